The second-order valence-electron chi connectivity index (χ2n) is 3.63. The number of rotatable bonds is 2. The molecule has 17 heavy (non-hydrogen) atoms. The summed E-state index contributed by atoms with van der Waals surface area (Å²) in [5.41, 5.74) is 1.02. The first-order valence-corrected chi connectivity index (χ1v) is 7.28. The molecular formula is C12H9Br2FOS. The van der Waals surface area contributed by atoms with Gasteiger partial charge in [0.05, 0.1) is 3.79 Å². The van der Waals surface area contributed by atoms with Crippen LogP contribution >= 0.6 is 43.2 Å². The maximum atomic E-state index is 13.7. The average molecular weight is 380 g/mol. The van der Waals surface area contributed by atoms with Gasteiger partial charge in [0, 0.05) is 14.9 Å². The number of hydrogen-bond acceptors (Lipinski definition) is 2. The maximum Gasteiger partial charge on any atom is 0.129 e. The van der Waals surface area contributed by atoms with Gasteiger partial charge in [0.25, 0.3) is 0 Å². The predicted octanol–water partition coefficient (Wildman–Crippen LogP) is 4.80. The highest BCUT2D eigenvalue weighted by atomic mass is 79.9. The Balaban J connectivity index is 2.46. The molecule has 0 saturated heterocycles. The molecule has 0 fully saturated rings. The average Bonchev–Trinajstić information content (AvgIpc) is 2.60. The van der Waals surface area contributed by atoms with E-state index in [1.165, 1.54) is 17.4 Å². The van der Waals surface area contributed by atoms with Crippen LogP contribution in [0.1, 0.15) is 22.1 Å². The fraction of sp³-hybridized carbons (Fsp3) is 0.167. The number of aliphatic hydroxyl groups excluding tert-OH is 1. The Labute approximate surface area is 120 Å². The van der Waals surface area contributed by atoms with Gasteiger partial charge in [-0.15, -0.1) is 11.3 Å². The van der Waals surface area contributed by atoms with Crippen LogP contribution in [0.15, 0.2) is 32.5 Å². The summed E-state index contributed by atoms with van der Waals surface area (Å²) in [6, 6.07) is 6.39. The minimum Gasteiger partial charge on any atom is -0.384 e. The van der Waals surface area contributed by atoms with Crippen molar-refractivity contribution in [3.63, 3.8) is 0 Å². The maximum absolute atomic E-state index is 13.7. The van der Waals surface area contributed by atoms with Gasteiger partial charge in [0.2, 0.25) is 0 Å². The van der Waals surface area contributed by atoms with Gasteiger partial charge in [-0.3, -0.25) is 0 Å². The minimum absolute atomic E-state index is 0.285. The quantitative estimate of drug-likeness (QED) is 0.794. The van der Waals surface area contributed by atoms with Gasteiger partial charge in [-0.1, -0.05) is 15.9 Å². The smallest absolute Gasteiger partial charge is 0.129 e. The zero-order valence-electron chi connectivity index (χ0n) is 8.88. The summed E-state index contributed by atoms with van der Waals surface area (Å²) in [4.78, 5) is 0.976. The van der Waals surface area contributed by atoms with Crippen molar-refractivity contribution in [1.29, 1.82) is 0 Å². The zero-order chi connectivity index (χ0) is 12.6. The van der Waals surface area contributed by atoms with Crippen LogP contribution in [0.2, 0.25) is 0 Å². The number of aliphatic hydroxyl groups is 1. The Morgan fingerprint density at radius 2 is 1.94 bits per heavy atom. The van der Waals surface area contributed by atoms with E-state index in [1.54, 1.807) is 12.1 Å². The molecule has 1 unspecified atom stereocenters. The van der Waals surface area contributed by atoms with Crippen LogP contribution in [-0.4, -0.2) is 5.11 Å². The summed E-state index contributed by atoms with van der Waals surface area (Å²) in [6.07, 6.45) is -0.935. The third-order valence-corrected chi connectivity index (χ3v) is 4.54. The van der Waals surface area contributed by atoms with Crippen molar-refractivity contribution in [2.24, 2.45) is 0 Å². The molecule has 1 heterocycles. The van der Waals surface area contributed by atoms with Crippen LogP contribution < -0.4 is 0 Å². The summed E-state index contributed by atoms with van der Waals surface area (Å²) in [5.74, 6) is -0.401. The summed E-state index contributed by atoms with van der Waals surface area (Å²) in [5, 5.41) is 10.2. The molecule has 1 nitrogen and oxygen atoms in total. The summed E-state index contributed by atoms with van der Waals surface area (Å²) >= 11 is 8.16. The lowest BCUT2D eigenvalue weighted by Crippen LogP contribution is -2.02. The van der Waals surface area contributed by atoms with Crippen molar-refractivity contribution in [3.05, 3.63) is 54.3 Å². The molecule has 1 aromatic carbocycles. The molecule has 90 valence electrons. The fourth-order valence-electron chi connectivity index (χ4n) is 1.62. The highest BCUT2D eigenvalue weighted by Crippen LogP contribution is 2.35. The molecule has 1 atom stereocenters. The van der Waals surface area contributed by atoms with Gasteiger partial charge < -0.3 is 5.11 Å². The monoisotopic (exact) mass is 378 g/mol. The van der Waals surface area contributed by atoms with Crippen LogP contribution in [0.4, 0.5) is 4.39 Å². The second kappa shape index (κ2) is 5.18. The first-order chi connectivity index (χ1) is 7.99. The molecular weight excluding hydrogens is 371 g/mol. The van der Waals surface area contributed by atoms with Gasteiger partial charge in [-0.25, -0.2) is 4.39 Å². The van der Waals surface area contributed by atoms with Crippen LogP contribution in [0.25, 0.3) is 0 Å². The highest BCUT2D eigenvalue weighted by Gasteiger charge is 2.19. The van der Waals surface area contributed by atoms with E-state index in [4.69, 9.17) is 0 Å². The molecule has 0 amide bonds. The first-order valence-electron chi connectivity index (χ1n) is 4.88. The SMILES string of the molecule is Cc1sc(Br)cc1C(O)c1cc(Br)ccc1F. The van der Waals surface area contributed by atoms with E-state index in [0.717, 1.165) is 18.7 Å². The summed E-state index contributed by atoms with van der Waals surface area (Å²) in [7, 11) is 0. The molecule has 1 N–H and O–H groups in total. The van der Waals surface area contributed by atoms with Gasteiger partial charge in [0.1, 0.15) is 11.9 Å². The number of halogens is 3. The van der Waals surface area contributed by atoms with E-state index < -0.39 is 11.9 Å². The van der Waals surface area contributed by atoms with Crippen LogP contribution in [-0.2, 0) is 0 Å². The number of benzene rings is 1. The normalized spacial score (nSPS) is 12.8. The van der Waals surface area contributed by atoms with Gasteiger partial charge >= 0.3 is 0 Å². The topological polar surface area (TPSA) is 20.2 Å². The largest absolute Gasteiger partial charge is 0.384 e. The van der Waals surface area contributed by atoms with E-state index >= 15 is 0 Å². The van der Waals surface area contributed by atoms with E-state index in [9.17, 15) is 9.50 Å². The molecule has 0 saturated carbocycles. The second-order valence-corrected chi connectivity index (χ2v) is 7.18. The van der Waals surface area contributed by atoms with Crippen molar-refractivity contribution < 1.29 is 9.50 Å². The molecule has 2 aromatic rings. The van der Waals surface area contributed by atoms with Crippen molar-refractivity contribution in [2.75, 3.05) is 0 Å². The fourth-order valence-corrected chi connectivity index (χ4v) is 3.74. The molecule has 2 rings (SSSR count). The minimum atomic E-state index is -0.935. The van der Waals surface area contributed by atoms with Gasteiger partial charge in [-0.2, -0.15) is 0 Å². The summed E-state index contributed by atoms with van der Waals surface area (Å²) < 4.78 is 15.3. The van der Waals surface area contributed by atoms with E-state index in [1.807, 2.05) is 13.0 Å². The van der Waals surface area contributed by atoms with Crippen molar-refractivity contribution in [2.45, 2.75) is 13.0 Å². The Bertz CT molecular complexity index is 553. The molecule has 0 radical (unpaired) electrons. The van der Waals surface area contributed by atoms with E-state index in [0.29, 0.717) is 0 Å². The lowest BCUT2D eigenvalue weighted by atomic mass is 10.0. The first kappa shape index (κ1) is 13.2. The van der Waals surface area contributed by atoms with Crippen LogP contribution in [0, 0.1) is 12.7 Å². The highest BCUT2D eigenvalue weighted by molar-refractivity contribution is 9.11. The Kier molecular flexibility index (Phi) is 4.02. The molecule has 5 heteroatoms. The third-order valence-electron chi connectivity index (χ3n) is 2.47. The number of hydrogen-bond donors (Lipinski definition) is 1. The molecule has 0 spiro atoms. The Morgan fingerprint density at radius 1 is 1.24 bits per heavy atom. The van der Waals surface area contributed by atoms with Gasteiger partial charge in [0.15, 0.2) is 0 Å². The number of thiophene rings is 1. The van der Waals surface area contributed by atoms with E-state index in [2.05, 4.69) is 31.9 Å². The van der Waals surface area contributed by atoms with Crippen molar-refractivity contribution in [3.8, 4) is 0 Å². The molecule has 1 aromatic heterocycles. The third kappa shape index (κ3) is 2.78. The van der Waals surface area contributed by atoms with Gasteiger partial charge in [-0.05, 0) is 52.7 Å². The van der Waals surface area contributed by atoms with E-state index in [-0.39, 0.29) is 5.56 Å². The molecule has 0 aliphatic rings. The van der Waals surface area contributed by atoms with Crippen LogP contribution in [0.5, 0.6) is 0 Å². The van der Waals surface area contributed by atoms with Crippen molar-refractivity contribution >= 4 is 43.2 Å². The van der Waals surface area contributed by atoms with Crippen molar-refractivity contribution in [1.82, 2.24) is 0 Å². The lowest BCUT2D eigenvalue weighted by molar-refractivity contribution is 0.214. The Morgan fingerprint density at radius 3 is 2.53 bits per heavy atom. The summed E-state index contributed by atoms with van der Waals surface area (Å²) in [6.45, 7) is 1.91. The standard InChI is InChI=1S/C12H9Br2FOS/c1-6-8(5-11(14)17-6)12(16)9-4-7(13)2-3-10(9)15/h2-5,12,16H,1H3. The van der Waals surface area contributed by atoms with Crippen LogP contribution in [0.3, 0.4) is 0 Å². The zero-order valence-corrected chi connectivity index (χ0v) is 12.9. The predicted molar refractivity (Wildman–Crippen MR) is 74.9 cm³/mol. The number of aryl methyl sites for hydroxylation is 1. The molecule has 0 aliphatic carbocycles. The molecule has 0 bridgehead atoms. The lowest BCUT2D eigenvalue weighted by Gasteiger charge is -2.12. The Hall–Kier alpha value is -0.230. The molecule has 0 aliphatic heterocycles.